The minimum atomic E-state index is -0.125. The number of benzene rings is 2. The number of ether oxygens (including phenoxy) is 1. The average Bonchev–Trinajstić information content (AvgIpc) is 3.09. The number of anilines is 1. The summed E-state index contributed by atoms with van der Waals surface area (Å²) >= 11 is 1.20. The van der Waals surface area contributed by atoms with Crippen molar-refractivity contribution in [1.29, 1.82) is 0 Å². The molecule has 3 aromatic rings. The minimum Gasteiger partial charge on any atom is -0.493 e. The van der Waals surface area contributed by atoms with Crippen molar-refractivity contribution < 1.29 is 13.9 Å². The molecule has 1 heterocycles. The van der Waals surface area contributed by atoms with Gasteiger partial charge in [-0.25, -0.2) is 0 Å². The number of para-hydroxylation sites is 1. The predicted octanol–water partition coefficient (Wildman–Crippen LogP) is 4.48. The van der Waals surface area contributed by atoms with E-state index in [9.17, 15) is 4.79 Å². The Balaban J connectivity index is 1.62. The lowest BCUT2D eigenvalue weighted by Crippen LogP contribution is -2.14. The minimum absolute atomic E-state index is 0.125. The molecule has 0 bridgehead atoms. The second kappa shape index (κ2) is 8.73. The molecule has 0 fully saturated rings. The van der Waals surface area contributed by atoms with Crippen molar-refractivity contribution in [2.24, 2.45) is 0 Å². The Bertz CT molecular complexity index is 919. The first kappa shape index (κ1) is 19.0. The number of hydrogen-bond acceptors (Lipinski definition) is 6. The molecule has 0 radical (unpaired) electrons. The highest BCUT2D eigenvalue weighted by molar-refractivity contribution is 7.99. The van der Waals surface area contributed by atoms with Gasteiger partial charge in [0.25, 0.3) is 11.1 Å². The number of carbonyl (C=O) groups is 1. The highest BCUT2D eigenvalue weighted by Crippen LogP contribution is 2.30. The van der Waals surface area contributed by atoms with Gasteiger partial charge in [0.05, 0.1) is 17.9 Å². The van der Waals surface area contributed by atoms with E-state index >= 15 is 0 Å². The van der Waals surface area contributed by atoms with Crippen molar-refractivity contribution >= 4 is 23.4 Å². The van der Waals surface area contributed by atoms with E-state index in [1.165, 1.54) is 11.8 Å². The molecule has 3 rings (SSSR count). The van der Waals surface area contributed by atoms with Crippen molar-refractivity contribution in [2.75, 3.05) is 17.7 Å². The maximum Gasteiger partial charge on any atom is 0.277 e. The van der Waals surface area contributed by atoms with E-state index in [-0.39, 0.29) is 11.7 Å². The van der Waals surface area contributed by atoms with Crippen molar-refractivity contribution in [1.82, 2.24) is 10.2 Å². The van der Waals surface area contributed by atoms with Crippen LogP contribution in [0.3, 0.4) is 0 Å². The molecule has 0 saturated heterocycles. The molecule has 0 aliphatic carbocycles. The van der Waals surface area contributed by atoms with Crippen molar-refractivity contribution in [3.8, 4) is 17.2 Å². The van der Waals surface area contributed by atoms with E-state index in [2.05, 4.69) is 21.6 Å². The number of aryl methyl sites for hydroxylation is 2. The Kier molecular flexibility index (Phi) is 6.13. The van der Waals surface area contributed by atoms with Crippen LogP contribution in [0.4, 0.5) is 5.69 Å². The van der Waals surface area contributed by atoms with Gasteiger partial charge < -0.3 is 14.5 Å². The Labute approximate surface area is 162 Å². The fourth-order valence-electron chi connectivity index (χ4n) is 2.67. The molecule has 0 aliphatic heterocycles. The van der Waals surface area contributed by atoms with Crippen molar-refractivity contribution in [2.45, 2.75) is 26.0 Å². The van der Waals surface area contributed by atoms with Crippen LogP contribution >= 0.6 is 11.8 Å². The SMILES string of the molecule is CCOc1ccccc1-c1nnc(SCC(=O)Nc2cc(C)cc(C)c2)o1. The number of hydrogen-bond donors (Lipinski definition) is 1. The zero-order chi connectivity index (χ0) is 19.2. The largest absolute Gasteiger partial charge is 0.493 e. The monoisotopic (exact) mass is 383 g/mol. The van der Waals surface area contributed by atoms with Gasteiger partial charge in [0.2, 0.25) is 5.91 Å². The number of carbonyl (C=O) groups excluding carboxylic acids is 1. The van der Waals surface area contributed by atoms with E-state index in [0.717, 1.165) is 22.4 Å². The number of nitrogens with zero attached hydrogens (tertiary/aromatic N) is 2. The first-order valence-electron chi connectivity index (χ1n) is 8.62. The molecule has 7 heteroatoms. The van der Waals surface area contributed by atoms with Gasteiger partial charge in [-0.15, -0.1) is 10.2 Å². The number of aromatic nitrogens is 2. The molecule has 1 amide bonds. The Morgan fingerprint density at radius 1 is 1.15 bits per heavy atom. The molecular weight excluding hydrogens is 362 g/mol. The lowest BCUT2D eigenvalue weighted by Gasteiger charge is -2.07. The van der Waals surface area contributed by atoms with Gasteiger partial charge in [-0.3, -0.25) is 4.79 Å². The zero-order valence-electron chi connectivity index (χ0n) is 15.5. The van der Waals surface area contributed by atoms with Crippen LogP contribution in [0.25, 0.3) is 11.5 Å². The van der Waals surface area contributed by atoms with E-state index in [1.54, 1.807) is 0 Å². The Morgan fingerprint density at radius 3 is 2.63 bits per heavy atom. The molecule has 0 unspecified atom stereocenters. The highest BCUT2D eigenvalue weighted by Gasteiger charge is 2.15. The van der Waals surface area contributed by atoms with Gasteiger partial charge in [-0.2, -0.15) is 0 Å². The summed E-state index contributed by atoms with van der Waals surface area (Å²) in [6.07, 6.45) is 0. The Hall–Kier alpha value is -2.80. The molecule has 0 aliphatic rings. The predicted molar refractivity (Wildman–Crippen MR) is 106 cm³/mol. The summed E-state index contributed by atoms with van der Waals surface area (Å²) in [6, 6.07) is 13.4. The lowest BCUT2D eigenvalue weighted by atomic mass is 10.1. The van der Waals surface area contributed by atoms with E-state index in [1.807, 2.05) is 57.2 Å². The lowest BCUT2D eigenvalue weighted by molar-refractivity contribution is -0.113. The number of rotatable bonds is 7. The summed E-state index contributed by atoms with van der Waals surface area (Å²) < 4.78 is 11.3. The fraction of sp³-hybridized carbons (Fsp3) is 0.250. The standard InChI is InChI=1S/C20H21N3O3S/c1-4-25-17-8-6-5-7-16(17)19-22-23-20(26-19)27-12-18(24)21-15-10-13(2)9-14(3)11-15/h5-11H,4,12H2,1-3H3,(H,21,24). The van der Waals surface area contributed by atoms with Crippen LogP contribution in [-0.4, -0.2) is 28.5 Å². The highest BCUT2D eigenvalue weighted by atomic mass is 32.2. The summed E-state index contributed by atoms with van der Waals surface area (Å²) in [4.78, 5) is 12.2. The van der Waals surface area contributed by atoms with Crippen LogP contribution < -0.4 is 10.1 Å². The van der Waals surface area contributed by atoms with Crippen LogP contribution in [0.15, 0.2) is 52.1 Å². The Morgan fingerprint density at radius 2 is 1.89 bits per heavy atom. The first-order valence-corrected chi connectivity index (χ1v) is 9.60. The van der Waals surface area contributed by atoms with Gasteiger partial charge in [0.15, 0.2) is 0 Å². The van der Waals surface area contributed by atoms with Gasteiger partial charge in [0.1, 0.15) is 5.75 Å². The molecule has 27 heavy (non-hydrogen) atoms. The molecule has 0 spiro atoms. The third-order valence-electron chi connectivity index (χ3n) is 3.66. The van der Waals surface area contributed by atoms with Crippen LogP contribution in [0, 0.1) is 13.8 Å². The van der Waals surface area contributed by atoms with Gasteiger partial charge in [0, 0.05) is 5.69 Å². The summed E-state index contributed by atoms with van der Waals surface area (Å²) in [5.74, 6) is 1.12. The van der Waals surface area contributed by atoms with Crippen LogP contribution in [-0.2, 0) is 4.79 Å². The molecule has 6 nitrogen and oxygen atoms in total. The second-order valence-electron chi connectivity index (χ2n) is 6.02. The summed E-state index contributed by atoms with van der Waals surface area (Å²) in [6.45, 7) is 6.46. The normalized spacial score (nSPS) is 10.6. The maximum absolute atomic E-state index is 12.2. The smallest absolute Gasteiger partial charge is 0.277 e. The topological polar surface area (TPSA) is 77.2 Å². The van der Waals surface area contributed by atoms with Gasteiger partial charge >= 0.3 is 0 Å². The number of thioether (sulfide) groups is 1. The molecule has 1 N–H and O–H groups in total. The third-order valence-corrected chi connectivity index (χ3v) is 4.47. The summed E-state index contributed by atoms with van der Waals surface area (Å²) in [5.41, 5.74) is 3.73. The molecular formula is C20H21N3O3S. The van der Waals surface area contributed by atoms with Crippen LogP contribution in [0.5, 0.6) is 5.75 Å². The van der Waals surface area contributed by atoms with Crippen LogP contribution in [0.1, 0.15) is 18.1 Å². The van der Waals surface area contributed by atoms with E-state index in [4.69, 9.17) is 9.15 Å². The van der Waals surface area contributed by atoms with Crippen molar-refractivity contribution in [3.63, 3.8) is 0 Å². The number of amides is 1. The molecule has 2 aromatic carbocycles. The number of nitrogens with one attached hydrogen (secondary N) is 1. The molecule has 140 valence electrons. The van der Waals surface area contributed by atoms with E-state index in [0.29, 0.717) is 23.5 Å². The average molecular weight is 383 g/mol. The first-order chi connectivity index (χ1) is 13.0. The van der Waals surface area contributed by atoms with Gasteiger partial charge in [-0.05, 0) is 56.2 Å². The second-order valence-corrected chi connectivity index (χ2v) is 6.94. The summed E-state index contributed by atoms with van der Waals surface area (Å²) in [7, 11) is 0. The van der Waals surface area contributed by atoms with E-state index < -0.39 is 0 Å². The van der Waals surface area contributed by atoms with Crippen LogP contribution in [0.2, 0.25) is 0 Å². The zero-order valence-corrected chi connectivity index (χ0v) is 16.3. The molecule has 0 saturated carbocycles. The maximum atomic E-state index is 12.2. The quantitative estimate of drug-likeness (QED) is 0.606. The molecule has 0 atom stereocenters. The molecule has 1 aromatic heterocycles. The van der Waals surface area contributed by atoms with Gasteiger partial charge in [-0.1, -0.05) is 30.0 Å². The fourth-order valence-corrected chi connectivity index (χ4v) is 3.24. The third kappa shape index (κ3) is 5.10. The van der Waals surface area contributed by atoms with Crippen molar-refractivity contribution in [3.05, 3.63) is 53.6 Å². The summed E-state index contributed by atoms with van der Waals surface area (Å²) in [5, 5.41) is 11.3.